The van der Waals surface area contributed by atoms with Gasteiger partial charge in [0.05, 0.1) is 23.9 Å². The third kappa shape index (κ3) is 3.08. The summed E-state index contributed by atoms with van der Waals surface area (Å²) in [5, 5.41) is 7.64. The lowest BCUT2D eigenvalue weighted by molar-refractivity contribution is -0.118. The molecule has 126 valence electrons. The summed E-state index contributed by atoms with van der Waals surface area (Å²) < 4.78 is 7.22. The van der Waals surface area contributed by atoms with Gasteiger partial charge in [-0.2, -0.15) is 5.10 Å². The molecule has 0 spiro atoms. The van der Waals surface area contributed by atoms with Crippen molar-refractivity contribution < 1.29 is 9.53 Å². The van der Waals surface area contributed by atoms with Gasteiger partial charge in [-0.1, -0.05) is 29.8 Å². The molecule has 7 heteroatoms. The molecule has 2 aromatic carbocycles. The van der Waals surface area contributed by atoms with Gasteiger partial charge in [-0.05, 0) is 30.7 Å². The molecule has 1 N–H and O–H groups in total. The van der Waals surface area contributed by atoms with Crippen molar-refractivity contribution in [3.8, 4) is 11.4 Å². The summed E-state index contributed by atoms with van der Waals surface area (Å²) in [6.07, 6.45) is 3.64. The fraction of sp³-hybridized carbons (Fsp3) is 0.167. The summed E-state index contributed by atoms with van der Waals surface area (Å²) in [4.78, 5) is 16.9. The van der Waals surface area contributed by atoms with Crippen LogP contribution >= 0.6 is 11.6 Å². The number of carbonyl (C=O) groups is 1. The van der Waals surface area contributed by atoms with Gasteiger partial charge in [-0.25, -0.2) is 9.67 Å². The molecule has 0 saturated heterocycles. The number of nitrogens with zero attached hydrogens (tertiary/aromatic N) is 3. The van der Waals surface area contributed by atoms with Crippen LogP contribution in [0.2, 0.25) is 5.02 Å². The van der Waals surface area contributed by atoms with E-state index in [9.17, 15) is 4.79 Å². The van der Waals surface area contributed by atoms with Crippen LogP contribution in [0.3, 0.4) is 0 Å². The molecule has 3 aromatic rings. The molecule has 0 fully saturated rings. The number of para-hydroxylation sites is 1. The molecular formula is C18H15ClN4O2. The molecular weight excluding hydrogens is 340 g/mol. The van der Waals surface area contributed by atoms with E-state index < -0.39 is 0 Å². The SMILES string of the molecule is O=C(Nc1cc(Cl)ccc1-n1cncn1)C1CCOc2ccccc21. The second kappa shape index (κ2) is 6.57. The zero-order valence-corrected chi connectivity index (χ0v) is 14.0. The lowest BCUT2D eigenvalue weighted by Gasteiger charge is -2.25. The van der Waals surface area contributed by atoms with E-state index in [4.69, 9.17) is 16.3 Å². The van der Waals surface area contributed by atoms with Crippen molar-refractivity contribution in [2.75, 3.05) is 11.9 Å². The Morgan fingerprint density at radius 2 is 2.16 bits per heavy atom. The van der Waals surface area contributed by atoms with Crippen molar-refractivity contribution in [2.45, 2.75) is 12.3 Å². The minimum Gasteiger partial charge on any atom is -0.493 e. The van der Waals surface area contributed by atoms with Crippen molar-refractivity contribution in [1.82, 2.24) is 14.8 Å². The number of carbonyl (C=O) groups excluding carboxylic acids is 1. The van der Waals surface area contributed by atoms with Crippen LogP contribution in [0.25, 0.3) is 5.69 Å². The number of rotatable bonds is 3. The number of hydrogen-bond donors (Lipinski definition) is 1. The van der Waals surface area contributed by atoms with Crippen LogP contribution in [0.15, 0.2) is 55.1 Å². The molecule has 1 atom stereocenters. The molecule has 6 nitrogen and oxygen atoms in total. The van der Waals surface area contributed by atoms with E-state index in [0.717, 1.165) is 11.3 Å². The second-order valence-electron chi connectivity index (χ2n) is 5.72. The van der Waals surface area contributed by atoms with Gasteiger partial charge in [0.15, 0.2) is 0 Å². The van der Waals surface area contributed by atoms with Crippen LogP contribution in [0.1, 0.15) is 17.9 Å². The number of benzene rings is 2. The van der Waals surface area contributed by atoms with Crippen LogP contribution in [-0.4, -0.2) is 27.3 Å². The Hall–Kier alpha value is -2.86. The first-order valence-electron chi connectivity index (χ1n) is 7.89. The maximum absolute atomic E-state index is 12.9. The number of halogens is 1. The van der Waals surface area contributed by atoms with Crippen molar-refractivity contribution in [2.24, 2.45) is 0 Å². The minimum absolute atomic E-state index is 0.0978. The molecule has 1 aliphatic rings. The van der Waals surface area contributed by atoms with Crippen molar-refractivity contribution in [3.05, 3.63) is 65.7 Å². The third-order valence-corrected chi connectivity index (χ3v) is 4.39. The van der Waals surface area contributed by atoms with Crippen molar-refractivity contribution >= 4 is 23.2 Å². The number of fused-ring (bicyclic) bond motifs is 1. The van der Waals surface area contributed by atoms with Crippen LogP contribution in [0.4, 0.5) is 5.69 Å². The first-order valence-corrected chi connectivity index (χ1v) is 8.27. The Balaban J connectivity index is 1.65. The first-order chi connectivity index (χ1) is 12.2. The molecule has 0 aliphatic carbocycles. The fourth-order valence-electron chi connectivity index (χ4n) is 2.98. The molecule has 0 radical (unpaired) electrons. The van der Waals surface area contributed by atoms with Gasteiger partial charge in [0.25, 0.3) is 0 Å². The maximum atomic E-state index is 12.9. The minimum atomic E-state index is -0.271. The van der Waals surface area contributed by atoms with Gasteiger partial charge in [-0.15, -0.1) is 0 Å². The van der Waals surface area contributed by atoms with E-state index in [1.165, 1.54) is 6.33 Å². The Bertz CT molecular complexity index is 911. The molecule has 25 heavy (non-hydrogen) atoms. The summed E-state index contributed by atoms with van der Waals surface area (Å²) in [7, 11) is 0. The first kappa shape index (κ1) is 15.7. The molecule has 4 rings (SSSR count). The normalized spacial score (nSPS) is 16.0. The van der Waals surface area contributed by atoms with Crippen LogP contribution < -0.4 is 10.1 Å². The van der Waals surface area contributed by atoms with E-state index >= 15 is 0 Å². The Morgan fingerprint density at radius 1 is 1.28 bits per heavy atom. The largest absolute Gasteiger partial charge is 0.493 e. The molecule has 1 unspecified atom stereocenters. The average molecular weight is 355 g/mol. The van der Waals surface area contributed by atoms with Crippen LogP contribution in [0.5, 0.6) is 5.75 Å². The van der Waals surface area contributed by atoms with Crippen LogP contribution in [0, 0.1) is 0 Å². The summed E-state index contributed by atoms with van der Waals surface area (Å²) in [5.41, 5.74) is 2.19. The number of nitrogens with one attached hydrogen (secondary N) is 1. The van der Waals surface area contributed by atoms with Gasteiger partial charge in [0.1, 0.15) is 18.4 Å². The highest BCUT2D eigenvalue weighted by Crippen LogP contribution is 2.35. The van der Waals surface area contributed by atoms with Gasteiger partial charge < -0.3 is 10.1 Å². The summed E-state index contributed by atoms with van der Waals surface area (Å²) in [5.74, 6) is 0.392. The fourth-order valence-corrected chi connectivity index (χ4v) is 3.15. The van der Waals surface area contributed by atoms with E-state index in [2.05, 4.69) is 15.4 Å². The third-order valence-electron chi connectivity index (χ3n) is 4.16. The quantitative estimate of drug-likeness (QED) is 0.782. The number of amides is 1. The molecule has 0 bridgehead atoms. The molecule has 1 amide bonds. The Morgan fingerprint density at radius 3 is 3.00 bits per heavy atom. The van der Waals surface area contributed by atoms with Gasteiger partial charge in [-0.3, -0.25) is 4.79 Å². The predicted molar refractivity (Wildman–Crippen MR) is 94.3 cm³/mol. The van der Waals surface area contributed by atoms with Gasteiger partial charge in [0.2, 0.25) is 5.91 Å². The van der Waals surface area contributed by atoms with E-state index in [1.807, 2.05) is 24.3 Å². The van der Waals surface area contributed by atoms with E-state index in [-0.39, 0.29) is 11.8 Å². The predicted octanol–water partition coefficient (Wildman–Crippen LogP) is 3.43. The molecule has 1 aliphatic heterocycles. The summed E-state index contributed by atoms with van der Waals surface area (Å²) in [6, 6.07) is 12.9. The summed E-state index contributed by atoms with van der Waals surface area (Å²) in [6.45, 7) is 0.514. The average Bonchev–Trinajstić information content (AvgIpc) is 3.15. The van der Waals surface area contributed by atoms with Gasteiger partial charge in [0, 0.05) is 10.6 Å². The Labute approximate surface area is 149 Å². The highest BCUT2D eigenvalue weighted by molar-refractivity contribution is 6.31. The molecule has 2 heterocycles. The lowest BCUT2D eigenvalue weighted by atomic mass is 9.92. The van der Waals surface area contributed by atoms with Crippen molar-refractivity contribution in [1.29, 1.82) is 0 Å². The molecule has 0 saturated carbocycles. The van der Waals surface area contributed by atoms with Gasteiger partial charge >= 0.3 is 0 Å². The number of hydrogen-bond acceptors (Lipinski definition) is 4. The Kier molecular flexibility index (Phi) is 4.11. The van der Waals surface area contributed by atoms with Crippen molar-refractivity contribution in [3.63, 3.8) is 0 Å². The lowest BCUT2D eigenvalue weighted by Crippen LogP contribution is -2.27. The highest BCUT2D eigenvalue weighted by atomic mass is 35.5. The number of aromatic nitrogens is 3. The van der Waals surface area contributed by atoms with E-state index in [0.29, 0.717) is 29.4 Å². The standard InChI is InChI=1S/C18H15ClN4O2/c19-12-5-6-16(23-11-20-10-21-23)15(9-12)22-18(24)14-7-8-25-17-4-2-1-3-13(14)17/h1-6,9-11,14H,7-8H2,(H,22,24). The second-order valence-corrected chi connectivity index (χ2v) is 6.15. The number of anilines is 1. The zero-order chi connectivity index (χ0) is 17.2. The van der Waals surface area contributed by atoms with Crippen LogP contribution in [-0.2, 0) is 4.79 Å². The zero-order valence-electron chi connectivity index (χ0n) is 13.2. The molecule has 1 aromatic heterocycles. The number of ether oxygens (including phenoxy) is 1. The highest BCUT2D eigenvalue weighted by Gasteiger charge is 2.28. The topological polar surface area (TPSA) is 69.0 Å². The summed E-state index contributed by atoms with van der Waals surface area (Å²) >= 11 is 6.11. The van der Waals surface area contributed by atoms with E-state index in [1.54, 1.807) is 29.2 Å². The maximum Gasteiger partial charge on any atom is 0.232 e. The smallest absolute Gasteiger partial charge is 0.232 e. The monoisotopic (exact) mass is 354 g/mol.